The fourth-order valence-corrected chi connectivity index (χ4v) is 1.88. The van der Waals surface area contributed by atoms with E-state index in [9.17, 15) is 9.59 Å². The molecule has 116 valence electrons. The highest BCUT2D eigenvalue weighted by Gasteiger charge is 2.27. The van der Waals surface area contributed by atoms with Gasteiger partial charge in [-0.3, -0.25) is 4.79 Å². The van der Waals surface area contributed by atoms with E-state index in [1.165, 1.54) is 0 Å². The van der Waals surface area contributed by atoms with Gasteiger partial charge in [-0.2, -0.15) is 0 Å². The summed E-state index contributed by atoms with van der Waals surface area (Å²) in [6, 6.07) is -0.306. The molecule has 1 fully saturated rings. The van der Waals surface area contributed by atoms with Gasteiger partial charge in [0.25, 0.3) is 0 Å². The largest absolute Gasteiger partial charge is 0.481 e. The molecule has 1 aliphatic rings. The first kappa shape index (κ1) is 16.7. The fraction of sp³-hybridized carbons (Fsp3) is 0.846. The van der Waals surface area contributed by atoms with Gasteiger partial charge in [-0.25, -0.2) is 4.79 Å². The molecule has 0 radical (unpaired) electrons. The Hall–Kier alpha value is -1.34. The van der Waals surface area contributed by atoms with Crippen LogP contribution in [0.25, 0.3) is 0 Å². The van der Waals surface area contributed by atoms with E-state index in [0.29, 0.717) is 6.54 Å². The fourth-order valence-electron chi connectivity index (χ4n) is 1.88. The number of amides is 2. The maximum Gasteiger partial charge on any atom is 0.314 e. The molecule has 0 aliphatic carbocycles. The van der Waals surface area contributed by atoms with E-state index in [2.05, 4.69) is 20.9 Å². The van der Waals surface area contributed by atoms with Crippen LogP contribution in [0.15, 0.2) is 0 Å². The molecule has 20 heavy (non-hydrogen) atoms. The summed E-state index contributed by atoms with van der Waals surface area (Å²) in [4.78, 5) is 24.8. The summed E-state index contributed by atoms with van der Waals surface area (Å²) in [5.74, 6) is -0.920. The van der Waals surface area contributed by atoms with E-state index in [1.807, 2.05) is 0 Å². The van der Waals surface area contributed by atoms with Crippen LogP contribution in [-0.2, 0) is 4.79 Å². The second-order valence-corrected chi connectivity index (χ2v) is 5.74. The molecule has 1 aliphatic heterocycles. The highest BCUT2D eigenvalue weighted by molar-refractivity contribution is 5.77. The minimum atomic E-state index is -0.946. The third-order valence-electron chi connectivity index (χ3n) is 3.42. The second kappa shape index (κ2) is 8.06. The number of carboxylic acid groups (broad SMARTS) is 1. The van der Waals surface area contributed by atoms with Crippen LogP contribution in [-0.4, -0.2) is 67.8 Å². The van der Waals surface area contributed by atoms with Crippen molar-refractivity contribution in [2.45, 2.75) is 20.3 Å². The number of hydrogen-bond donors (Lipinski definition) is 4. The monoisotopic (exact) mass is 286 g/mol. The molecular weight excluding hydrogens is 260 g/mol. The van der Waals surface area contributed by atoms with Crippen molar-refractivity contribution < 1.29 is 14.7 Å². The summed E-state index contributed by atoms with van der Waals surface area (Å²) in [5.41, 5.74) is -0.946. The van der Waals surface area contributed by atoms with Crippen LogP contribution in [0.4, 0.5) is 4.79 Å². The Bertz CT molecular complexity index is 328. The number of nitrogens with zero attached hydrogens (tertiary/aromatic N) is 1. The molecule has 7 heteroatoms. The Balaban J connectivity index is 2.06. The molecule has 0 bridgehead atoms. The van der Waals surface area contributed by atoms with Gasteiger partial charge in [-0.05, 0) is 26.8 Å². The Labute approximate surface area is 120 Å². The number of urea groups is 1. The number of hydrogen-bond acceptors (Lipinski definition) is 4. The highest BCUT2D eigenvalue weighted by atomic mass is 16.4. The van der Waals surface area contributed by atoms with Crippen molar-refractivity contribution in [1.29, 1.82) is 0 Å². The highest BCUT2D eigenvalue weighted by Crippen LogP contribution is 2.12. The second-order valence-electron chi connectivity index (χ2n) is 5.74. The molecule has 2 amide bonds. The first-order chi connectivity index (χ1) is 9.42. The molecular formula is C13H26N4O3. The summed E-state index contributed by atoms with van der Waals surface area (Å²) in [6.07, 6.45) is 0.899. The Morgan fingerprint density at radius 2 is 1.90 bits per heavy atom. The summed E-state index contributed by atoms with van der Waals surface area (Å²) >= 11 is 0. The van der Waals surface area contributed by atoms with Gasteiger partial charge in [-0.15, -0.1) is 0 Å². The van der Waals surface area contributed by atoms with Crippen molar-refractivity contribution in [3.05, 3.63) is 0 Å². The van der Waals surface area contributed by atoms with Gasteiger partial charge in [0.05, 0.1) is 5.41 Å². The van der Waals surface area contributed by atoms with Crippen molar-refractivity contribution >= 4 is 12.0 Å². The average Bonchev–Trinajstić information content (AvgIpc) is 2.42. The van der Waals surface area contributed by atoms with E-state index < -0.39 is 11.4 Å². The van der Waals surface area contributed by atoms with Crippen LogP contribution in [0.5, 0.6) is 0 Å². The molecule has 0 spiro atoms. The van der Waals surface area contributed by atoms with Gasteiger partial charge in [0.1, 0.15) is 0 Å². The Morgan fingerprint density at radius 3 is 2.50 bits per heavy atom. The number of aliphatic carboxylic acids is 1. The van der Waals surface area contributed by atoms with Crippen LogP contribution < -0.4 is 16.0 Å². The van der Waals surface area contributed by atoms with Crippen molar-refractivity contribution in [2.24, 2.45) is 5.41 Å². The molecule has 0 aromatic rings. The number of piperazine rings is 1. The summed E-state index contributed by atoms with van der Waals surface area (Å²) in [5, 5.41) is 17.6. The van der Waals surface area contributed by atoms with Gasteiger partial charge in [0.2, 0.25) is 0 Å². The van der Waals surface area contributed by atoms with E-state index in [-0.39, 0.29) is 12.6 Å². The molecule has 0 aromatic heterocycles. The van der Waals surface area contributed by atoms with Gasteiger partial charge in [0, 0.05) is 39.3 Å². The SMILES string of the molecule is CC(C)(CNC(=O)NCCCN1CCNCC1)C(=O)O. The number of nitrogens with one attached hydrogen (secondary N) is 3. The third kappa shape index (κ3) is 6.21. The van der Waals surface area contributed by atoms with Crippen LogP contribution in [0.3, 0.4) is 0 Å². The first-order valence-electron chi connectivity index (χ1n) is 7.10. The molecule has 7 nitrogen and oxygen atoms in total. The van der Waals surface area contributed by atoms with E-state index in [4.69, 9.17) is 5.11 Å². The van der Waals surface area contributed by atoms with Crippen molar-refractivity contribution in [3.8, 4) is 0 Å². The standard InChI is InChI=1S/C13H26N4O3/c1-13(2,11(18)19)10-16-12(20)15-4-3-7-17-8-5-14-6-9-17/h14H,3-10H2,1-2H3,(H,18,19)(H2,15,16,20). The zero-order valence-corrected chi connectivity index (χ0v) is 12.4. The first-order valence-corrected chi connectivity index (χ1v) is 7.10. The van der Waals surface area contributed by atoms with E-state index >= 15 is 0 Å². The Morgan fingerprint density at radius 1 is 1.25 bits per heavy atom. The lowest BCUT2D eigenvalue weighted by atomic mass is 9.94. The van der Waals surface area contributed by atoms with Crippen molar-refractivity contribution in [3.63, 3.8) is 0 Å². The molecule has 0 saturated carbocycles. The molecule has 4 N–H and O–H groups in total. The maximum atomic E-state index is 11.5. The van der Waals surface area contributed by atoms with Crippen molar-refractivity contribution in [2.75, 3.05) is 45.8 Å². The minimum Gasteiger partial charge on any atom is -0.481 e. The number of rotatable bonds is 7. The lowest BCUT2D eigenvalue weighted by Gasteiger charge is -2.27. The average molecular weight is 286 g/mol. The predicted molar refractivity (Wildman–Crippen MR) is 76.7 cm³/mol. The molecule has 0 atom stereocenters. The van der Waals surface area contributed by atoms with Gasteiger partial charge in [0.15, 0.2) is 0 Å². The maximum absolute atomic E-state index is 11.5. The third-order valence-corrected chi connectivity index (χ3v) is 3.42. The molecule has 1 rings (SSSR count). The van der Waals surface area contributed by atoms with Gasteiger partial charge < -0.3 is 26.0 Å². The topological polar surface area (TPSA) is 93.7 Å². The number of carboxylic acids is 1. The van der Waals surface area contributed by atoms with E-state index in [0.717, 1.165) is 39.1 Å². The molecule has 1 saturated heterocycles. The lowest BCUT2D eigenvalue weighted by molar-refractivity contribution is -0.146. The minimum absolute atomic E-state index is 0.117. The molecule has 1 heterocycles. The van der Waals surface area contributed by atoms with Gasteiger partial charge in [-0.1, -0.05) is 0 Å². The summed E-state index contributed by atoms with van der Waals surface area (Å²) in [7, 11) is 0. The number of carbonyl (C=O) groups excluding carboxylic acids is 1. The van der Waals surface area contributed by atoms with Crippen LogP contribution >= 0.6 is 0 Å². The van der Waals surface area contributed by atoms with Crippen LogP contribution in [0, 0.1) is 5.41 Å². The van der Waals surface area contributed by atoms with E-state index in [1.54, 1.807) is 13.8 Å². The quantitative estimate of drug-likeness (QED) is 0.482. The summed E-state index contributed by atoms with van der Waals surface area (Å²) in [6.45, 7) is 9.02. The summed E-state index contributed by atoms with van der Waals surface area (Å²) < 4.78 is 0. The predicted octanol–water partition coefficient (Wildman–Crippen LogP) is -0.308. The van der Waals surface area contributed by atoms with Gasteiger partial charge >= 0.3 is 12.0 Å². The molecule has 0 unspecified atom stereocenters. The zero-order valence-electron chi connectivity index (χ0n) is 12.4. The normalized spacial score (nSPS) is 16.7. The number of carbonyl (C=O) groups is 2. The zero-order chi connectivity index (χ0) is 15.0. The van der Waals surface area contributed by atoms with Crippen LogP contribution in [0.2, 0.25) is 0 Å². The van der Waals surface area contributed by atoms with Crippen molar-refractivity contribution in [1.82, 2.24) is 20.9 Å². The smallest absolute Gasteiger partial charge is 0.314 e. The Kier molecular flexibility index (Phi) is 6.74. The van der Waals surface area contributed by atoms with Crippen LogP contribution in [0.1, 0.15) is 20.3 Å². The lowest BCUT2D eigenvalue weighted by Crippen LogP contribution is -2.45. The molecule has 0 aromatic carbocycles.